The molecule has 6 nitrogen and oxygen atoms in total. The third-order valence-corrected chi connectivity index (χ3v) is 8.39. The second-order valence-electron chi connectivity index (χ2n) is 11.4. The van der Waals surface area contributed by atoms with Crippen LogP contribution in [-0.2, 0) is 11.2 Å². The molecule has 1 aromatic carbocycles. The van der Waals surface area contributed by atoms with Crippen molar-refractivity contribution in [2.75, 3.05) is 39.4 Å². The second-order valence-corrected chi connectivity index (χ2v) is 11.4. The first kappa shape index (κ1) is 26.8. The lowest BCUT2D eigenvalue weighted by molar-refractivity contribution is 0.0551. The van der Waals surface area contributed by atoms with Crippen LogP contribution in [0.2, 0.25) is 0 Å². The quantitative estimate of drug-likeness (QED) is 0.386. The van der Waals surface area contributed by atoms with Crippen molar-refractivity contribution >= 4 is 16.8 Å². The minimum atomic E-state index is -0.404. The molecule has 0 unspecified atom stereocenters. The summed E-state index contributed by atoms with van der Waals surface area (Å²) in [6.07, 6.45) is 10.5. The van der Waals surface area contributed by atoms with Crippen LogP contribution in [0.5, 0.6) is 0 Å². The number of hydrogen-bond donors (Lipinski definition) is 0. The molecule has 4 heterocycles. The molecule has 3 aromatic rings. The molecular formula is C31H41FN4O2. The summed E-state index contributed by atoms with van der Waals surface area (Å²) < 4.78 is 22.0. The molecule has 0 N–H and O–H groups in total. The van der Waals surface area contributed by atoms with E-state index in [1.807, 2.05) is 33.2 Å². The van der Waals surface area contributed by atoms with E-state index in [0.717, 1.165) is 49.7 Å². The number of fused-ring (bicyclic) bond motifs is 1. The molecule has 5 rings (SSSR count). The van der Waals surface area contributed by atoms with Gasteiger partial charge < -0.3 is 19.1 Å². The fraction of sp³-hybridized carbons (Fsp3) is 0.548. The third-order valence-electron chi connectivity index (χ3n) is 8.39. The fourth-order valence-corrected chi connectivity index (χ4v) is 6.43. The Labute approximate surface area is 225 Å². The zero-order chi connectivity index (χ0) is 26.8. The molecule has 1 amide bonds. The molecule has 38 heavy (non-hydrogen) atoms. The minimum absolute atomic E-state index is 0.0240. The second kappa shape index (κ2) is 11.5. The lowest BCUT2D eigenvalue weighted by Gasteiger charge is -2.27. The smallest absolute Gasteiger partial charge is 0.256 e. The van der Waals surface area contributed by atoms with Gasteiger partial charge in [0, 0.05) is 56.7 Å². The highest BCUT2D eigenvalue weighted by molar-refractivity contribution is 5.99. The van der Waals surface area contributed by atoms with Gasteiger partial charge in [0.2, 0.25) is 0 Å². The lowest BCUT2D eigenvalue weighted by Crippen LogP contribution is -2.37. The third kappa shape index (κ3) is 5.50. The average Bonchev–Trinajstić information content (AvgIpc) is 3.50. The van der Waals surface area contributed by atoms with E-state index >= 15 is 0 Å². The zero-order valence-electron chi connectivity index (χ0n) is 23.3. The molecule has 2 aromatic heterocycles. The summed E-state index contributed by atoms with van der Waals surface area (Å²) in [5.74, 6) is 0.784. The van der Waals surface area contributed by atoms with Crippen molar-refractivity contribution < 1.29 is 13.9 Å². The zero-order valence-corrected chi connectivity index (χ0v) is 23.3. The van der Waals surface area contributed by atoms with Crippen LogP contribution in [0.15, 0.2) is 36.8 Å². The summed E-state index contributed by atoms with van der Waals surface area (Å²) in [5.41, 5.74) is 4.45. The number of aryl methyl sites for hydroxylation is 1. The van der Waals surface area contributed by atoms with Crippen molar-refractivity contribution in [3.05, 3.63) is 59.3 Å². The maximum absolute atomic E-state index is 14.4. The maximum Gasteiger partial charge on any atom is 0.256 e. The van der Waals surface area contributed by atoms with Gasteiger partial charge in [-0.2, -0.15) is 0 Å². The summed E-state index contributed by atoms with van der Waals surface area (Å²) in [4.78, 5) is 22.5. The minimum Gasteiger partial charge on any atom is -0.381 e. The standard InChI is InChI=1S/C31H41FN4O2/c1-5-35(21(2)3)31(37)27-15-26(32)6-7-28(27)36-20-25(30-22(4)16-33-17-29(30)36)14-24-8-11-34(19-24)18-23-9-12-38-13-10-23/h6-7,15-17,20-21,23-24H,5,8-14,18-19H2,1-4H3/t24-/m0/s1. The SMILES string of the molecule is CCN(C(=O)c1cc(F)ccc1-n1cc(C[C@@H]2CCN(CC3CCOCC3)C2)c2c(C)cncc21)C(C)C. The van der Waals surface area contributed by atoms with Crippen LogP contribution in [0, 0.1) is 24.6 Å². The molecule has 7 heteroatoms. The average molecular weight is 521 g/mol. The number of ether oxygens (including phenoxy) is 1. The summed E-state index contributed by atoms with van der Waals surface area (Å²) in [6.45, 7) is 13.9. The normalized spacial score (nSPS) is 19.1. The molecule has 0 spiro atoms. The Hall–Kier alpha value is -2.77. The maximum atomic E-state index is 14.4. The van der Waals surface area contributed by atoms with E-state index in [-0.39, 0.29) is 11.9 Å². The first-order chi connectivity index (χ1) is 18.4. The Morgan fingerprint density at radius 3 is 2.71 bits per heavy atom. The van der Waals surface area contributed by atoms with Crippen LogP contribution in [0.3, 0.4) is 0 Å². The lowest BCUT2D eigenvalue weighted by atomic mass is 9.97. The molecule has 0 saturated carbocycles. The van der Waals surface area contributed by atoms with Crippen molar-refractivity contribution in [1.82, 2.24) is 19.4 Å². The van der Waals surface area contributed by atoms with E-state index in [0.29, 0.717) is 23.7 Å². The van der Waals surface area contributed by atoms with Crippen molar-refractivity contribution in [2.45, 2.75) is 59.4 Å². The van der Waals surface area contributed by atoms with E-state index in [4.69, 9.17) is 4.74 Å². The Balaban J connectivity index is 1.46. The monoisotopic (exact) mass is 520 g/mol. The fourth-order valence-electron chi connectivity index (χ4n) is 6.43. The highest BCUT2D eigenvalue weighted by atomic mass is 19.1. The molecule has 0 aliphatic carbocycles. The van der Waals surface area contributed by atoms with Crippen LogP contribution >= 0.6 is 0 Å². The highest BCUT2D eigenvalue weighted by Crippen LogP contribution is 2.33. The summed E-state index contributed by atoms with van der Waals surface area (Å²) >= 11 is 0. The molecule has 2 aliphatic heterocycles. The van der Waals surface area contributed by atoms with E-state index in [1.54, 1.807) is 11.0 Å². The van der Waals surface area contributed by atoms with Crippen LogP contribution in [-0.4, -0.2) is 70.7 Å². The van der Waals surface area contributed by atoms with E-state index in [2.05, 4.69) is 27.6 Å². The Kier molecular flexibility index (Phi) is 8.15. The number of pyridine rings is 1. The summed E-state index contributed by atoms with van der Waals surface area (Å²) in [7, 11) is 0. The number of hydrogen-bond acceptors (Lipinski definition) is 4. The predicted molar refractivity (Wildman–Crippen MR) is 149 cm³/mol. The van der Waals surface area contributed by atoms with Crippen LogP contribution in [0.4, 0.5) is 4.39 Å². The molecule has 2 saturated heterocycles. The van der Waals surface area contributed by atoms with Crippen molar-refractivity contribution in [2.24, 2.45) is 11.8 Å². The highest BCUT2D eigenvalue weighted by Gasteiger charge is 2.28. The van der Waals surface area contributed by atoms with E-state index in [9.17, 15) is 9.18 Å². The van der Waals surface area contributed by atoms with Gasteiger partial charge in [0.25, 0.3) is 5.91 Å². The first-order valence-corrected chi connectivity index (χ1v) is 14.2. The van der Waals surface area contributed by atoms with Gasteiger partial charge in [-0.1, -0.05) is 0 Å². The molecule has 2 aliphatic rings. The number of halogens is 1. The van der Waals surface area contributed by atoms with Gasteiger partial charge >= 0.3 is 0 Å². The van der Waals surface area contributed by atoms with Crippen LogP contribution < -0.4 is 0 Å². The molecular weight excluding hydrogens is 479 g/mol. The van der Waals surface area contributed by atoms with Gasteiger partial charge in [-0.25, -0.2) is 4.39 Å². The van der Waals surface area contributed by atoms with E-state index < -0.39 is 5.82 Å². The summed E-state index contributed by atoms with van der Waals surface area (Å²) in [5, 5.41) is 1.20. The van der Waals surface area contributed by atoms with Gasteiger partial charge in [-0.15, -0.1) is 0 Å². The van der Waals surface area contributed by atoms with Gasteiger partial charge in [0.15, 0.2) is 0 Å². The number of amides is 1. The van der Waals surface area contributed by atoms with Gasteiger partial charge in [-0.3, -0.25) is 9.78 Å². The van der Waals surface area contributed by atoms with Crippen molar-refractivity contribution in [1.29, 1.82) is 0 Å². The Morgan fingerprint density at radius 1 is 1.18 bits per heavy atom. The molecule has 1 atom stereocenters. The Morgan fingerprint density at radius 2 is 1.97 bits per heavy atom. The largest absolute Gasteiger partial charge is 0.381 e. The molecule has 204 valence electrons. The van der Waals surface area contributed by atoms with Crippen LogP contribution in [0.25, 0.3) is 16.6 Å². The predicted octanol–water partition coefficient (Wildman–Crippen LogP) is 5.63. The van der Waals surface area contributed by atoms with Gasteiger partial charge in [-0.05, 0) is 101 Å². The number of rotatable bonds is 8. The molecule has 0 radical (unpaired) electrons. The molecule has 2 fully saturated rings. The van der Waals surface area contributed by atoms with Gasteiger partial charge in [0.05, 0.1) is 23.0 Å². The van der Waals surface area contributed by atoms with Gasteiger partial charge in [0.1, 0.15) is 5.82 Å². The molecule has 0 bridgehead atoms. The van der Waals surface area contributed by atoms with Crippen LogP contribution in [0.1, 0.15) is 61.5 Å². The number of carbonyl (C=O) groups is 1. The number of benzene rings is 1. The topological polar surface area (TPSA) is 50.6 Å². The van der Waals surface area contributed by atoms with E-state index in [1.165, 1.54) is 48.9 Å². The first-order valence-electron chi connectivity index (χ1n) is 14.2. The number of likely N-dealkylation sites (tertiary alicyclic amines) is 1. The number of carbonyl (C=O) groups excluding carboxylic acids is 1. The van der Waals surface area contributed by atoms with Crippen molar-refractivity contribution in [3.63, 3.8) is 0 Å². The van der Waals surface area contributed by atoms with Crippen molar-refractivity contribution in [3.8, 4) is 5.69 Å². The summed E-state index contributed by atoms with van der Waals surface area (Å²) in [6, 6.07) is 4.57. The number of aromatic nitrogens is 2. The Bertz CT molecular complexity index is 1280. The number of nitrogens with zero attached hydrogens (tertiary/aromatic N) is 4.